The Kier molecular flexibility index (Phi) is 15.3. The summed E-state index contributed by atoms with van der Waals surface area (Å²) in [6, 6.07) is 75.9. The van der Waals surface area contributed by atoms with E-state index in [1.165, 1.54) is 43.0 Å². The van der Waals surface area contributed by atoms with E-state index >= 15 is 0 Å². The van der Waals surface area contributed by atoms with Crippen LogP contribution < -0.4 is 42.3 Å². The Bertz CT molecular complexity index is 2540. The molecule has 9 rings (SSSR count). The molecule has 8 aromatic rings. The first-order chi connectivity index (χ1) is 29.0. The number of hydrogen-bond donors (Lipinski definition) is 1. The Hall–Kier alpha value is -5.21. The molecule has 1 heterocycles. The average Bonchev–Trinajstić information content (AvgIpc) is 3.26. The topological polar surface area (TPSA) is 92.5 Å². The van der Waals surface area contributed by atoms with Crippen molar-refractivity contribution in [3.05, 3.63) is 223 Å². The average molecular weight is 948 g/mol. The largest absolute Gasteiger partial charge is 2.00 e. The number of fused-ring (bicyclic) bond motifs is 2. The Morgan fingerprint density at radius 3 is 1.25 bits per heavy atom. The van der Waals surface area contributed by atoms with E-state index in [2.05, 4.69) is 178 Å². The molecule has 0 bridgehead atoms. The number of rotatable bonds is 7. The predicted octanol–water partition coefficient (Wildman–Crippen LogP) is 9.53. The van der Waals surface area contributed by atoms with E-state index in [0.29, 0.717) is 6.26 Å². The summed E-state index contributed by atoms with van der Waals surface area (Å²) in [6.07, 6.45) is 0.604. The molecule has 0 radical (unpaired) electrons. The van der Waals surface area contributed by atoms with Gasteiger partial charge in [0.05, 0.1) is 10.1 Å². The molecule has 0 amide bonds. The molecule has 0 unspecified atom stereocenters. The first-order valence-electron chi connectivity index (χ1n) is 19.5. The van der Waals surface area contributed by atoms with E-state index in [0.717, 1.165) is 28.3 Å². The summed E-state index contributed by atoms with van der Waals surface area (Å²) in [5, 5.41) is 7.81. The molecule has 0 atom stereocenters. The van der Waals surface area contributed by atoms with Crippen molar-refractivity contribution in [2.45, 2.75) is 19.3 Å². The van der Waals surface area contributed by atoms with Gasteiger partial charge in [0, 0.05) is 33.4 Å². The summed E-state index contributed by atoms with van der Waals surface area (Å²) in [5.74, 6) is 2.02. The minimum Gasteiger partial charge on any atom is -0.748 e. The smallest absolute Gasteiger partial charge is 0.748 e. The van der Waals surface area contributed by atoms with Crippen molar-refractivity contribution < 1.29 is 38.1 Å². The summed E-state index contributed by atoms with van der Waals surface area (Å²) in [5.41, 5.74) is 11.0. The Balaban J connectivity index is 0.000000272. The van der Waals surface area contributed by atoms with Gasteiger partial charge in [0.1, 0.15) is 11.5 Å². The third-order valence-corrected chi connectivity index (χ3v) is 15.0. The maximum Gasteiger partial charge on any atom is 2.00 e. The molecule has 1 aliphatic heterocycles. The van der Waals surface area contributed by atoms with Crippen molar-refractivity contribution in [2.24, 2.45) is 0 Å². The van der Waals surface area contributed by atoms with Gasteiger partial charge in [-0.25, -0.2) is 8.42 Å². The van der Waals surface area contributed by atoms with Crippen LogP contribution in [-0.4, -0.2) is 19.2 Å². The van der Waals surface area contributed by atoms with Gasteiger partial charge in [-0.05, 0) is 48.8 Å². The minimum atomic E-state index is -3.92. The molecule has 0 aliphatic carbocycles. The van der Waals surface area contributed by atoms with Crippen LogP contribution in [-0.2, 0) is 36.0 Å². The molecule has 0 saturated heterocycles. The fourth-order valence-corrected chi connectivity index (χ4v) is 12.1. The third-order valence-electron chi connectivity index (χ3n) is 10.0. The van der Waals surface area contributed by atoms with Crippen LogP contribution in [0.2, 0.25) is 0 Å². The number of ether oxygens (including phenoxy) is 1. The van der Waals surface area contributed by atoms with Crippen molar-refractivity contribution in [1.82, 2.24) is 0 Å². The quantitative estimate of drug-likeness (QED) is 0.0566. The molecule has 9 heteroatoms. The van der Waals surface area contributed by atoms with Crippen LogP contribution in [0.1, 0.15) is 25.0 Å². The zero-order valence-corrected chi connectivity index (χ0v) is 38.1. The number of benzene rings is 8. The Labute approximate surface area is 376 Å². The van der Waals surface area contributed by atoms with E-state index in [1.54, 1.807) is 0 Å². The summed E-state index contributed by atoms with van der Waals surface area (Å²) < 4.78 is 34.5. The number of anilines is 1. The molecule has 1 aliphatic rings. The van der Waals surface area contributed by atoms with Gasteiger partial charge in [0.15, 0.2) is 0 Å². The first-order valence-corrected chi connectivity index (χ1v) is 24.0. The minimum absolute atomic E-state index is 0. The Morgan fingerprint density at radius 1 is 0.525 bits per heavy atom. The molecule has 0 aromatic heterocycles. The van der Waals surface area contributed by atoms with Crippen LogP contribution in [0, 0.1) is 6.07 Å². The van der Waals surface area contributed by atoms with Gasteiger partial charge < -0.3 is 15.0 Å². The second-order valence-corrected chi connectivity index (χ2v) is 20.4. The van der Waals surface area contributed by atoms with Gasteiger partial charge in [-0.15, -0.1) is 35.9 Å². The number of hydrogen-bond acceptors (Lipinski definition) is 5. The third kappa shape index (κ3) is 11.0. The predicted molar refractivity (Wildman–Crippen MR) is 253 cm³/mol. The SMILES string of the molecule is CC1(C)c2cccc(P(c3ccccc3)c3ccccc3)c2Oc2c(P(c3ccccc3)c3ccccc3)cccc21.CS(=O)(=O)[O-].Nc1ccccc1-c1[c-]cccc1.[Pd+2]. The number of nitrogens with two attached hydrogens (primary N) is 1. The van der Waals surface area contributed by atoms with Gasteiger partial charge in [0.25, 0.3) is 0 Å². The maximum absolute atomic E-state index is 9.08. The molecular formula is C52H45NO4P2PdS. The van der Waals surface area contributed by atoms with Crippen molar-refractivity contribution in [3.8, 4) is 22.6 Å². The summed E-state index contributed by atoms with van der Waals surface area (Å²) >= 11 is 0. The fraction of sp³-hybridized carbons (Fsp3) is 0.0769. The van der Waals surface area contributed by atoms with Gasteiger partial charge in [-0.2, -0.15) is 0 Å². The van der Waals surface area contributed by atoms with Gasteiger partial charge in [-0.3, -0.25) is 0 Å². The maximum atomic E-state index is 9.08. The fourth-order valence-electron chi connectivity index (χ4n) is 7.31. The standard InChI is InChI=1S/C39H32OP2.C12H10N.CH4O3S.Pd/c1-39(2)33-25-15-27-35(41(29-17-7-3-8-18-29)30-19-9-4-10-20-30)37(33)40-38-34(39)26-16-28-36(38)42(31-21-11-5-12-22-31)32-23-13-6-14-24-32;13-12-9-5-4-8-11(12)10-6-2-1-3-7-10;1-5(2,3)4;/h3-28H,1-2H3;1-6,8-9H,13H2;1H3,(H,2,3,4);/q;-1;;+2/p-1. The van der Waals surface area contributed by atoms with Crippen LogP contribution in [0.4, 0.5) is 5.69 Å². The van der Waals surface area contributed by atoms with Crippen LogP contribution in [0.3, 0.4) is 0 Å². The second kappa shape index (κ2) is 20.6. The molecule has 2 N–H and O–H groups in total. The van der Waals surface area contributed by atoms with Crippen molar-refractivity contribution in [2.75, 3.05) is 12.0 Å². The van der Waals surface area contributed by atoms with Gasteiger partial charge in [0.2, 0.25) is 0 Å². The molecule has 8 aromatic carbocycles. The van der Waals surface area contributed by atoms with Crippen LogP contribution >= 0.6 is 15.8 Å². The van der Waals surface area contributed by atoms with E-state index in [-0.39, 0.29) is 25.8 Å². The number of para-hydroxylation sites is 3. The van der Waals surface area contributed by atoms with Crippen LogP contribution in [0.25, 0.3) is 11.1 Å². The van der Waals surface area contributed by atoms with Gasteiger partial charge in [-0.1, -0.05) is 195 Å². The van der Waals surface area contributed by atoms with Crippen molar-refractivity contribution in [1.29, 1.82) is 0 Å². The molecule has 308 valence electrons. The summed E-state index contributed by atoms with van der Waals surface area (Å²) in [4.78, 5) is 0. The molecule has 0 saturated carbocycles. The van der Waals surface area contributed by atoms with E-state index in [1.807, 2.05) is 48.5 Å². The summed E-state index contributed by atoms with van der Waals surface area (Å²) in [6.45, 7) is 4.70. The molecule has 61 heavy (non-hydrogen) atoms. The first kappa shape index (κ1) is 45.3. The summed E-state index contributed by atoms with van der Waals surface area (Å²) in [7, 11) is -5.56. The zero-order valence-electron chi connectivity index (χ0n) is 34.0. The van der Waals surface area contributed by atoms with Crippen LogP contribution in [0.5, 0.6) is 11.5 Å². The molecule has 5 nitrogen and oxygen atoms in total. The number of nitrogen functional groups attached to an aromatic ring is 1. The van der Waals surface area contributed by atoms with Crippen LogP contribution in [0.15, 0.2) is 206 Å². The second-order valence-electron chi connectivity index (χ2n) is 14.6. The zero-order chi connectivity index (χ0) is 42.1. The molecule has 0 spiro atoms. The van der Waals surface area contributed by atoms with E-state index in [4.69, 9.17) is 23.4 Å². The Morgan fingerprint density at radius 2 is 0.885 bits per heavy atom. The van der Waals surface area contributed by atoms with Crippen molar-refractivity contribution >= 4 is 63.5 Å². The monoisotopic (exact) mass is 947 g/mol. The van der Waals surface area contributed by atoms with E-state index in [9.17, 15) is 0 Å². The van der Waals surface area contributed by atoms with Gasteiger partial charge >= 0.3 is 20.4 Å². The molecular weight excluding hydrogens is 903 g/mol. The molecule has 0 fully saturated rings. The van der Waals surface area contributed by atoms with Crippen molar-refractivity contribution in [3.63, 3.8) is 0 Å². The van der Waals surface area contributed by atoms with E-state index < -0.39 is 26.0 Å². The normalized spacial score (nSPS) is 12.2.